The van der Waals surface area contributed by atoms with Crippen molar-refractivity contribution in [3.63, 3.8) is 0 Å². The Hall–Kier alpha value is -1.36. The highest BCUT2D eigenvalue weighted by atomic mass is 19.1. The van der Waals surface area contributed by atoms with Gasteiger partial charge in [0.15, 0.2) is 0 Å². The van der Waals surface area contributed by atoms with Crippen LogP contribution in [0, 0.1) is 17.1 Å². The molecule has 86 valence electrons. The highest BCUT2D eigenvalue weighted by Crippen LogP contribution is 2.33. The first-order valence-electron chi connectivity index (χ1n) is 5.77. The quantitative estimate of drug-likeness (QED) is 0.745. The zero-order valence-electron chi connectivity index (χ0n) is 10.2. The fraction of sp³-hybridized carbons (Fsp3) is 0.500. The summed E-state index contributed by atoms with van der Waals surface area (Å²) in [5, 5.41) is 8.68. The summed E-state index contributed by atoms with van der Waals surface area (Å²) in [4.78, 5) is 0. The van der Waals surface area contributed by atoms with Crippen molar-refractivity contribution in [2.75, 3.05) is 0 Å². The molecule has 0 aliphatic carbocycles. The number of hydrogen-bond acceptors (Lipinski definition) is 1. The lowest BCUT2D eigenvalue weighted by molar-refractivity contribution is 0.411. The molecule has 0 heterocycles. The SMILES string of the molecule is CCCC(C)(CC)c1ccc(C#N)c(F)c1. The van der Waals surface area contributed by atoms with E-state index in [9.17, 15) is 4.39 Å². The highest BCUT2D eigenvalue weighted by Gasteiger charge is 2.24. The van der Waals surface area contributed by atoms with E-state index in [1.165, 1.54) is 6.07 Å². The van der Waals surface area contributed by atoms with E-state index in [1.807, 2.05) is 12.1 Å². The second-order valence-corrected chi connectivity index (χ2v) is 4.47. The van der Waals surface area contributed by atoms with Crippen molar-refractivity contribution in [1.82, 2.24) is 0 Å². The second kappa shape index (κ2) is 5.12. The summed E-state index contributed by atoms with van der Waals surface area (Å²) in [5.74, 6) is -0.407. The van der Waals surface area contributed by atoms with Crippen molar-refractivity contribution in [3.05, 3.63) is 35.1 Å². The van der Waals surface area contributed by atoms with Gasteiger partial charge in [0.2, 0.25) is 0 Å². The van der Waals surface area contributed by atoms with Gasteiger partial charge in [-0.1, -0.05) is 33.3 Å². The standard InChI is InChI=1S/C14H18FN/c1-4-8-14(3,5-2)12-7-6-11(10-16)13(15)9-12/h6-7,9H,4-5,8H2,1-3H3. The van der Waals surface area contributed by atoms with E-state index in [0.717, 1.165) is 24.8 Å². The van der Waals surface area contributed by atoms with Crippen LogP contribution in [0.2, 0.25) is 0 Å². The summed E-state index contributed by atoms with van der Waals surface area (Å²) in [6, 6.07) is 6.81. The van der Waals surface area contributed by atoms with Crippen molar-refractivity contribution in [2.45, 2.75) is 45.4 Å². The fourth-order valence-corrected chi connectivity index (χ4v) is 2.06. The molecule has 0 spiro atoms. The summed E-state index contributed by atoms with van der Waals surface area (Å²) >= 11 is 0. The van der Waals surface area contributed by atoms with E-state index in [0.29, 0.717) is 0 Å². The van der Waals surface area contributed by atoms with Crippen molar-refractivity contribution >= 4 is 0 Å². The van der Waals surface area contributed by atoms with Crippen LogP contribution in [0.3, 0.4) is 0 Å². The Morgan fingerprint density at radius 1 is 1.38 bits per heavy atom. The van der Waals surface area contributed by atoms with Crippen LogP contribution < -0.4 is 0 Å². The van der Waals surface area contributed by atoms with Crippen LogP contribution in [0.5, 0.6) is 0 Å². The van der Waals surface area contributed by atoms with Crippen molar-refractivity contribution in [3.8, 4) is 6.07 Å². The average Bonchev–Trinajstić information content (AvgIpc) is 2.29. The zero-order chi connectivity index (χ0) is 12.2. The highest BCUT2D eigenvalue weighted by molar-refractivity contribution is 5.36. The predicted octanol–water partition coefficient (Wildman–Crippen LogP) is 4.17. The summed E-state index contributed by atoms with van der Waals surface area (Å²) in [6.45, 7) is 6.40. The number of nitrogens with zero attached hydrogens (tertiary/aromatic N) is 1. The van der Waals surface area contributed by atoms with Gasteiger partial charge in [0.05, 0.1) is 5.56 Å². The third-order valence-electron chi connectivity index (χ3n) is 3.37. The van der Waals surface area contributed by atoms with Gasteiger partial charge in [-0.15, -0.1) is 0 Å². The van der Waals surface area contributed by atoms with Gasteiger partial charge in [-0.3, -0.25) is 0 Å². The molecule has 0 radical (unpaired) electrons. The first-order valence-corrected chi connectivity index (χ1v) is 5.77. The number of hydrogen-bond donors (Lipinski definition) is 0. The van der Waals surface area contributed by atoms with Crippen molar-refractivity contribution in [2.24, 2.45) is 0 Å². The Morgan fingerprint density at radius 2 is 2.06 bits per heavy atom. The van der Waals surface area contributed by atoms with Gasteiger partial charge in [0.1, 0.15) is 11.9 Å². The van der Waals surface area contributed by atoms with Crippen LogP contribution in [0.15, 0.2) is 18.2 Å². The monoisotopic (exact) mass is 219 g/mol. The third-order valence-corrected chi connectivity index (χ3v) is 3.37. The summed E-state index contributed by atoms with van der Waals surface area (Å²) in [6.07, 6.45) is 3.09. The smallest absolute Gasteiger partial charge is 0.141 e. The molecule has 1 aromatic rings. The molecule has 2 heteroatoms. The van der Waals surface area contributed by atoms with Gasteiger partial charge in [0, 0.05) is 0 Å². The van der Waals surface area contributed by atoms with E-state index in [4.69, 9.17) is 5.26 Å². The molecule has 0 amide bonds. The fourth-order valence-electron chi connectivity index (χ4n) is 2.06. The Balaban J connectivity index is 3.13. The molecule has 1 nitrogen and oxygen atoms in total. The maximum Gasteiger partial charge on any atom is 0.141 e. The van der Waals surface area contributed by atoms with Crippen LogP contribution in [0.25, 0.3) is 0 Å². The minimum atomic E-state index is -0.407. The molecule has 0 N–H and O–H groups in total. The molecular weight excluding hydrogens is 201 g/mol. The molecule has 0 saturated heterocycles. The third kappa shape index (κ3) is 2.41. The number of halogens is 1. The van der Waals surface area contributed by atoms with E-state index in [1.54, 1.807) is 6.07 Å². The van der Waals surface area contributed by atoms with Gasteiger partial charge >= 0.3 is 0 Å². The summed E-state index contributed by atoms with van der Waals surface area (Å²) < 4.78 is 13.5. The lowest BCUT2D eigenvalue weighted by Crippen LogP contribution is -2.20. The Bertz CT molecular complexity index is 406. The number of rotatable bonds is 4. The zero-order valence-corrected chi connectivity index (χ0v) is 10.2. The molecule has 0 aliphatic rings. The summed E-state index contributed by atoms with van der Waals surface area (Å²) in [7, 11) is 0. The number of benzene rings is 1. The Morgan fingerprint density at radius 3 is 2.50 bits per heavy atom. The maximum atomic E-state index is 13.5. The van der Waals surface area contributed by atoms with E-state index in [-0.39, 0.29) is 11.0 Å². The molecule has 1 unspecified atom stereocenters. The minimum absolute atomic E-state index is 0.0174. The van der Waals surface area contributed by atoms with E-state index >= 15 is 0 Å². The Labute approximate surface area is 96.9 Å². The first-order chi connectivity index (χ1) is 7.57. The van der Waals surface area contributed by atoms with Crippen LogP contribution in [0.4, 0.5) is 4.39 Å². The topological polar surface area (TPSA) is 23.8 Å². The van der Waals surface area contributed by atoms with Crippen LogP contribution in [-0.4, -0.2) is 0 Å². The summed E-state index contributed by atoms with van der Waals surface area (Å²) in [5.41, 5.74) is 1.14. The molecule has 0 aromatic heterocycles. The van der Waals surface area contributed by atoms with Crippen molar-refractivity contribution in [1.29, 1.82) is 5.26 Å². The lowest BCUT2D eigenvalue weighted by Gasteiger charge is -2.28. The van der Waals surface area contributed by atoms with E-state index in [2.05, 4.69) is 20.8 Å². The molecule has 16 heavy (non-hydrogen) atoms. The molecule has 1 aromatic carbocycles. The molecular formula is C14H18FN. The van der Waals surface area contributed by atoms with Crippen LogP contribution in [0.1, 0.15) is 51.2 Å². The molecule has 0 aliphatic heterocycles. The predicted molar refractivity (Wildman–Crippen MR) is 63.7 cm³/mol. The van der Waals surface area contributed by atoms with Gasteiger partial charge in [-0.25, -0.2) is 4.39 Å². The van der Waals surface area contributed by atoms with Gasteiger partial charge in [-0.2, -0.15) is 5.26 Å². The second-order valence-electron chi connectivity index (χ2n) is 4.47. The molecule has 0 fully saturated rings. The van der Waals surface area contributed by atoms with Gasteiger partial charge < -0.3 is 0 Å². The minimum Gasteiger partial charge on any atom is -0.206 e. The van der Waals surface area contributed by atoms with E-state index < -0.39 is 5.82 Å². The van der Waals surface area contributed by atoms with Crippen molar-refractivity contribution < 1.29 is 4.39 Å². The molecule has 1 rings (SSSR count). The largest absolute Gasteiger partial charge is 0.206 e. The molecule has 0 saturated carbocycles. The van der Waals surface area contributed by atoms with Gasteiger partial charge in [-0.05, 0) is 36.0 Å². The lowest BCUT2D eigenvalue weighted by atomic mass is 9.76. The maximum absolute atomic E-state index is 13.5. The first kappa shape index (κ1) is 12.7. The normalized spacial score (nSPS) is 14.2. The molecule has 1 atom stereocenters. The van der Waals surface area contributed by atoms with Crippen LogP contribution in [-0.2, 0) is 5.41 Å². The van der Waals surface area contributed by atoms with Gasteiger partial charge in [0.25, 0.3) is 0 Å². The average molecular weight is 219 g/mol. The van der Waals surface area contributed by atoms with Crippen LogP contribution >= 0.6 is 0 Å². The Kier molecular flexibility index (Phi) is 4.06. The molecule has 0 bridgehead atoms. The number of nitriles is 1.